The van der Waals surface area contributed by atoms with Gasteiger partial charge >= 0.3 is 28.5 Å². The third kappa shape index (κ3) is 36.0. The molecule has 0 saturated carbocycles. The SMILES string of the molecule is C=CCCC(CC)C(=O)OC.C=CCN.CCC(=O)OC.CCC(C(=O)OC)S(=O)(=O)O.O=S(=O)=O. The van der Waals surface area contributed by atoms with Crippen LogP contribution in [-0.4, -0.2) is 76.6 Å². The van der Waals surface area contributed by atoms with Crippen molar-refractivity contribution in [3.05, 3.63) is 25.3 Å². The van der Waals surface area contributed by atoms with Gasteiger partial charge in [0, 0.05) is 13.0 Å². The summed E-state index contributed by atoms with van der Waals surface area (Å²) >= 11 is 0. The van der Waals surface area contributed by atoms with Crippen LogP contribution >= 0.6 is 0 Å². The van der Waals surface area contributed by atoms with Crippen molar-refractivity contribution in [3.63, 3.8) is 0 Å². The first-order valence-corrected chi connectivity index (χ1v) is 13.0. The third-order valence-electron chi connectivity index (χ3n) is 3.62. The summed E-state index contributed by atoms with van der Waals surface area (Å²) < 4.78 is 67.7. The Morgan fingerprint density at radius 3 is 1.47 bits per heavy atom. The largest absolute Gasteiger partial charge is 0.469 e. The summed E-state index contributed by atoms with van der Waals surface area (Å²) in [5.41, 5.74) is 4.91. The first-order chi connectivity index (χ1) is 16.6. The van der Waals surface area contributed by atoms with Crippen molar-refractivity contribution in [2.45, 2.75) is 58.1 Å². The molecule has 0 rings (SSSR count). The van der Waals surface area contributed by atoms with E-state index in [1.165, 1.54) is 21.1 Å². The van der Waals surface area contributed by atoms with E-state index < -0.39 is 31.9 Å². The molecule has 0 spiro atoms. The van der Waals surface area contributed by atoms with Gasteiger partial charge in [0.25, 0.3) is 10.1 Å². The summed E-state index contributed by atoms with van der Waals surface area (Å²) in [5.74, 6) is -1.14. The Kier molecular flexibility index (Phi) is 36.7. The molecule has 2 unspecified atom stereocenters. The van der Waals surface area contributed by atoms with Gasteiger partial charge in [0.05, 0.1) is 27.2 Å². The molecule has 214 valence electrons. The maximum absolute atomic E-state index is 11.0. The molecule has 13 nitrogen and oxygen atoms in total. The summed E-state index contributed by atoms with van der Waals surface area (Å²) in [6.07, 6.45) is 6.54. The zero-order valence-electron chi connectivity index (χ0n) is 21.8. The minimum absolute atomic E-state index is 0.00546. The molecule has 0 aromatic heterocycles. The predicted molar refractivity (Wildman–Crippen MR) is 134 cm³/mol. The molecule has 0 aliphatic heterocycles. The molecule has 0 radical (unpaired) electrons. The zero-order chi connectivity index (χ0) is 29.7. The molecule has 15 heteroatoms. The van der Waals surface area contributed by atoms with E-state index in [2.05, 4.69) is 27.4 Å². The lowest BCUT2D eigenvalue weighted by atomic mass is 10.0. The topological polar surface area (TPSA) is 210 Å². The van der Waals surface area contributed by atoms with Crippen molar-refractivity contribution in [2.75, 3.05) is 27.9 Å². The van der Waals surface area contributed by atoms with E-state index in [4.69, 9.17) is 22.9 Å². The highest BCUT2D eigenvalue weighted by molar-refractivity contribution is 7.87. The second-order valence-corrected chi connectivity index (χ2v) is 8.09. The van der Waals surface area contributed by atoms with Gasteiger partial charge in [-0.1, -0.05) is 32.9 Å². The van der Waals surface area contributed by atoms with E-state index in [9.17, 15) is 22.8 Å². The number of rotatable bonds is 10. The van der Waals surface area contributed by atoms with Crippen molar-refractivity contribution < 1.29 is 54.2 Å². The molecule has 0 aromatic carbocycles. The second kappa shape index (κ2) is 30.4. The predicted octanol–water partition coefficient (Wildman–Crippen LogP) is 1.67. The number of ether oxygens (including phenoxy) is 3. The molecule has 36 heavy (non-hydrogen) atoms. The molecular weight excluding hydrogens is 522 g/mol. The fourth-order valence-corrected chi connectivity index (χ4v) is 2.51. The van der Waals surface area contributed by atoms with Gasteiger partial charge in [-0.2, -0.15) is 8.42 Å². The smallest absolute Gasteiger partial charge is 0.425 e. The van der Waals surface area contributed by atoms with Gasteiger partial charge in [0.1, 0.15) is 0 Å². The van der Waals surface area contributed by atoms with Crippen molar-refractivity contribution in [2.24, 2.45) is 11.7 Å². The lowest BCUT2D eigenvalue weighted by molar-refractivity contribution is -0.146. The lowest BCUT2D eigenvalue weighted by Gasteiger charge is -2.09. The summed E-state index contributed by atoms with van der Waals surface area (Å²) in [4.78, 5) is 31.6. The molecule has 0 aliphatic carbocycles. The van der Waals surface area contributed by atoms with Gasteiger partial charge in [0.2, 0.25) is 0 Å². The highest BCUT2D eigenvalue weighted by Gasteiger charge is 2.29. The molecule has 2 atom stereocenters. The average molecular weight is 564 g/mol. The van der Waals surface area contributed by atoms with Crippen molar-refractivity contribution >= 4 is 38.6 Å². The van der Waals surface area contributed by atoms with Crippen LogP contribution in [0.25, 0.3) is 0 Å². The first-order valence-electron chi connectivity index (χ1n) is 10.5. The first kappa shape index (κ1) is 43.5. The van der Waals surface area contributed by atoms with Crippen LogP contribution in [0.15, 0.2) is 25.3 Å². The van der Waals surface area contributed by atoms with Gasteiger partial charge in [0.15, 0.2) is 5.25 Å². The monoisotopic (exact) mass is 563 g/mol. The second-order valence-electron chi connectivity index (χ2n) is 6.09. The van der Waals surface area contributed by atoms with Crippen molar-refractivity contribution in [1.29, 1.82) is 0 Å². The highest BCUT2D eigenvalue weighted by Crippen LogP contribution is 2.12. The molecule has 3 N–H and O–H groups in total. The van der Waals surface area contributed by atoms with Crippen LogP contribution in [0.4, 0.5) is 0 Å². The summed E-state index contributed by atoms with van der Waals surface area (Å²) in [6.45, 7) is 12.8. The maximum Gasteiger partial charge on any atom is 0.425 e. The lowest BCUT2D eigenvalue weighted by Crippen LogP contribution is -2.30. The number of methoxy groups -OCH3 is 3. The molecule has 0 bridgehead atoms. The quantitative estimate of drug-likeness (QED) is 0.168. The summed E-state index contributed by atoms with van der Waals surface area (Å²) in [5, 5.41) is -1.45. The molecular formula is C21H41NO12S2. The van der Waals surface area contributed by atoms with E-state index in [-0.39, 0.29) is 24.3 Å². The van der Waals surface area contributed by atoms with E-state index in [1.807, 2.05) is 13.0 Å². The van der Waals surface area contributed by atoms with Crippen LogP contribution < -0.4 is 5.73 Å². The Bertz CT molecular complexity index is 796. The van der Waals surface area contributed by atoms with Crippen LogP contribution in [0, 0.1) is 5.92 Å². The number of allylic oxidation sites excluding steroid dienone is 1. The number of esters is 3. The maximum atomic E-state index is 11.0. The van der Waals surface area contributed by atoms with E-state index in [1.54, 1.807) is 13.0 Å². The van der Waals surface area contributed by atoms with Crippen LogP contribution in [-0.2, 0) is 49.3 Å². The molecule has 0 fully saturated rings. The third-order valence-corrected chi connectivity index (χ3v) is 4.87. The Hall–Kier alpha value is -2.62. The Morgan fingerprint density at radius 1 is 0.917 bits per heavy atom. The number of hydrogen-bond acceptors (Lipinski definition) is 12. The van der Waals surface area contributed by atoms with Crippen LogP contribution in [0.1, 0.15) is 52.9 Å². The molecule has 0 heterocycles. The number of carbonyl (C=O) groups is 3. The summed E-state index contributed by atoms with van der Waals surface area (Å²) in [6, 6.07) is 0. The average Bonchev–Trinajstić information content (AvgIpc) is 2.83. The van der Waals surface area contributed by atoms with Gasteiger partial charge in [-0.25, -0.2) is 0 Å². The number of nitrogens with two attached hydrogens (primary N) is 1. The molecule has 0 amide bonds. The van der Waals surface area contributed by atoms with Crippen molar-refractivity contribution in [1.82, 2.24) is 0 Å². The minimum Gasteiger partial charge on any atom is -0.469 e. The van der Waals surface area contributed by atoms with E-state index >= 15 is 0 Å². The summed E-state index contributed by atoms with van der Waals surface area (Å²) in [7, 11) is -3.54. The number of carbonyl (C=O) groups excluding carboxylic acids is 3. The normalized spacial score (nSPS) is 10.7. The van der Waals surface area contributed by atoms with Crippen LogP contribution in [0.2, 0.25) is 0 Å². The van der Waals surface area contributed by atoms with E-state index in [0.29, 0.717) is 13.0 Å². The molecule has 0 saturated heterocycles. The van der Waals surface area contributed by atoms with Gasteiger partial charge in [-0.15, -0.1) is 25.8 Å². The minimum atomic E-state index is -4.30. The van der Waals surface area contributed by atoms with Gasteiger partial charge < -0.3 is 19.9 Å². The fraction of sp³-hybridized carbons (Fsp3) is 0.667. The molecule has 0 aliphatic rings. The fourth-order valence-electron chi connectivity index (χ4n) is 1.75. The van der Waals surface area contributed by atoms with E-state index in [0.717, 1.165) is 26.4 Å². The Balaban J connectivity index is -0.000000119. The van der Waals surface area contributed by atoms with Crippen LogP contribution in [0.3, 0.4) is 0 Å². The highest BCUT2D eigenvalue weighted by atomic mass is 32.2. The Labute approximate surface area is 215 Å². The molecule has 0 aromatic rings. The Morgan fingerprint density at radius 2 is 1.33 bits per heavy atom. The standard InChI is InChI=1S/C9H16O2.C5H10O5S.C4H8O2.C3H7N.O3S/c1-4-6-7-8(5-2)9(10)11-3;1-3-4(5(6)10-2)11(7,8)9;1-3-4(5)6-2;1-2-3-4;1-4(2)3/h4,8H,1,5-7H2,2-3H3;4H,3H2,1-2H3,(H,7,8,9);3H2,1-2H3;2H,1,3-4H2;. The van der Waals surface area contributed by atoms with Crippen LogP contribution in [0.5, 0.6) is 0 Å². The number of hydrogen-bond donors (Lipinski definition) is 2. The van der Waals surface area contributed by atoms with Gasteiger partial charge in [-0.3, -0.25) is 18.9 Å². The zero-order valence-corrected chi connectivity index (χ0v) is 23.4. The van der Waals surface area contributed by atoms with Crippen molar-refractivity contribution in [3.8, 4) is 0 Å². The van der Waals surface area contributed by atoms with Gasteiger partial charge in [-0.05, 0) is 25.7 Å².